The SMILES string of the molecule is C[C@@H]1[C@H](C(=O)O)CCCN1C(=O)Cc1ccc(Br)s1. The molecule has 1 N–H and O–H groups in total. The number of nitrogens with zero attached hydrogens (tertiary/aromatic N) is 1. The predicted octanol–water partition coefficient (Wildman–Crippen LogP) is 2.76. The summed E-state index contributed by atoms with van der Waals surface area (Å²) in [6.45, 7) is 2.50. The van der Waals surface area contributed by atoms with E-state index in [0.29, 0.717) is 19.4 Å². The monoisotopic (exact) mass is 345 g/mol. The smallest absolute Gasteiger partial charge is 0.308 e. The number of carboxylic acid groups (broad SMARTS) is 1. The van der Waals surface area contributed by atoms with Gasteiger partial charge in [-0.15, -0.1) is 11.3 Å². The number of halogens is 1. The summed E-state index contributed by atoms with van der Waals surface area (Å²) in [5, 5.41) is 9.16. The molecule has 4 nitrogen and oxygen atoms in total. The summed E-state index contributed by atoms with van der Waals surface area (Å²) in [5.41, 5.74) is 0. The third-order valence-corrected chi connectivity index (χ3v) is 5.20. The second-order valence-corrected chi connectivity index (χ2v) is 7.34. The highest BCUT2D eigenvalue weighted by atomic mass is 79.9. The molecule has 2 rings (SSSR count). The fraction of sp³-hybridized carbons (Fsp3) is 0.538. The lowest BCUT2D eigenvalue weighted by molar-refractivity contribution is -0.148. The first-order valence-electron chi connectivity index (χ1n) is 6.25. The van der Waals surface area contributed by atoms with Gasteiger partial charge < -0.3 is 10.0 Å². The number of hydrogen-bond donors (Lipinski definition) is 1. The summed E-state index contributed by atoms with van der Waals surface area (Å²) in [4.78, 5) is 26.2. The van der Waals surface area contributed by atoms with Crippen molar-refractivity contribution in [3.63, 3.8) is 0 Å². The number of likely N-dealkylation sites (tertiary alicyclic amines) is 1. The Morgan fingerprint density at radius 2 is 2.26 bits per heavy atom. The molecule has 1 saturated heterocycles. The summed E-state index contributed by atoms with van der Waals surface area (Å²) in [7, 11) is 0. The van der Waals surface area contributed by atoms with E-state index in [1.807, 2.05) is 19.1 Å². The van der Waals surface area contributed by atoms with Gasteiger partial charge in [0.25, 0.3) is 0 Å². The highest BCUT2D eigenvalue weighted by Gasteiger charge is 2.35. The molecule has 1 aliphatic heterocycles. The van der Waals surface area contributed by atoms with Gasteiger partial charge >= 0.3 is 5.97 Å². The number of rotatable bonds is 3. The van der Waals surface area contributed by atoms with Gasteiger partial charge in [-0.25, -0.2) is 0 Å². The molecule has 2 heterocycles. The van der Waals surface area contributed by atoms with Crippen LogP contribution in [-0.2, 0) is 16.0 Å². The summed E-state index contributed by atoms with van der Waals surface area (Å²) in [6.07, 6.45) is 1.78. The Hall–Kier alpha value is -0.880. The quantitative estimate of drug-likeness (QED) is 0.916. The van der Waals surface area contributed by atoms with Gasteiger partial charge in [0.1, 0.15) is 0 Å². The molecule has 0 radical (unpaired) electrons. The van der Waals surface area contributed by atoms with Crippen molar-refractivity contribution in [2.24, 2.45) is 5.92 Å². The van der Waals surface area contributed by atoms with E-state index in [1.165, 1.54) is 0 Å². The number of hydrogen-bond acceptors (Lipinski definition) is 3. The number of piperidine rings is 1. The first-order valence-corrected chi connectivity index (χ1v) is 7.86. The molecule has 19 heavy (non-hydrogen) atoms. The number of aliphatic carboxylic acids is 1. The normalized spacial score (nSPS) is 23.4. The van der Waals surface area contributed by atoms with Crippen LogP contribution in [0, 0.1) is 5.92 Å². The molecule has 1 fully saturated rings. The molecule has 1 amide bonds. The second kappa shape index (κ2) is 6.05. The van der Waals surface area contributed by atoms with Crippen LogP contribution >= 0.6 is 27.3 Å². The summed E-state index contributed by atoms with van der Waals surface area (Å²) in [5.74, 6) is -1.22. The van der Waals surface area contributed by atoms with E-state index in [4.69, 9.17) is 5.11 Å². The molecule has 0 aliphatic carbocycles. The third-order valence-electron chi connectivity index (χ3n) is 3.58. The van der Waals surface area contributed by atoms with Gasteiger partial charge in [-0.3, -0.25) is 9.59 Å². The molecule has 0 bridgehead atoms. The molecular formula is C13H16BrNO3S. The second-order valence-electron chi connectivity index (χ2n) is 4.80. The minimum atomic E-state index is -0.802. The van der Waals surface area contributed by atoms with Crippen molar-refractivity contribution >= 4 is 39.1 Å². The van der Waals surface area contributed by atoms with Crippen molar-refractivity contribution in [3.8, 4) is 0 Å². The standard InChI is InChI=1S/C13H16BrNO3S/c1-8-10(13(17)18)3-2-6-15(8)12(16)7-9-4-5-11(14)19-9/h4-5,8,10H,2-3,6-7H2,1H3,(H,17,18)/t8-,10-/m1/s1. The lowest BCUT2D eigenvalue weighted by Crippen LogP contribution is -2.49. The molecule has 0 saturated carbocycles. The number of thiophene rings is 1. The number of carboxylic acids is 1. The van der Waals surface area contributed by atoms with Gasteiger partial charge in [-0.1, -0.05) is 0 Å². The van der Waals surface area contributed by atoms with Gasteiger partial charge in [0, 0.05) is 17.5 Å². The van der Waals surface area contributed by atoms with Gasteiger partial charge in [-0.2, -0.15) is 0 Å². The molecule has 1 aromatic heterocycles. The maximum absolute atomic E-state index is 12.3. The topological polar surface area (TPSA) is 57.6 Å². The van der Waals surface area contributed by atoms with Crippen LogP contribution in [0.3, 0.4) is 0 Å². The van der Waals surface area contributed by atoms with Crippen molar-refractivity contribution < 1.29 is 14.7 Å². The van der Waals surface area contributed by atoms with Gasteiger partial charge in [0.15, 0.2) is 0 Å². The molecule has 0 spiro atoms. The average Bonchev–Trinajstić information content (AvgIpc) is 2.74. The van der Waals surface area contributed by atoms with Crippen molar-refractivity contribution in [3.05, 3.63) is 20.8 Å². The Labute approximate surface area is 124 Å². The highest BCUT2D eigenvalue weighted by Crippen LogP contribution is 2.26. The van der Waals surface area contributed by atoms with E-state index in [2.05, 4.69) is 15.9 Å². The maximum Gasteiger partial charge on any atom is 0.308 e. The van der Waals surface area contributed by atoms with Crippen molar-refractivity contribution in [1.29, 1.82) is 0 Å². The van der Waals surface area contributed by atoms with Crippen molar-refractivity contribution in [2.45, 2.75) is 32.2 Å². The Morgan fingerprint density at radius 3 is 2.84 bits per heavy atom. The van der Waals surface area contributed by atoms with Crippen LogP contribution in [0.4, 0.5) is 0 Å². The molecule has 1 aliphatic rings. The fourth-order valence-electron chi connectivity index (χ4n) is 2.52. The minimum Gasteiger partial charge on any atom is -0.481 e. The van der Waals surface area contributed by atoms with E-state index in [0.717, 1.165) is 15.1 Å². The van der Waals surface area contributed by atoms with Crippen molar-refractivity contribution in [1.82, 2.24) is 4.90 Å². The van der Waals surface area contributed by atoms with Crippen LogP contribution in [0.1, 0.15) is 24.6 Å². The molecule has 1 aromatic rings. The lowest BCUT2D eigenvalue weighted by Gasteiger charge is -2.37. The molecule has 6 heteroatoms. The van der Waals surface area contributed by atoms with Crippen LogP contribution in [0.2, 0.25) is 0 Å². The summed E-state index contributed by atoms with van der Waals surface area (Å²) < 4.78 is 1.01. The first kappa shape index (κ1) is 14.5. The van der Waals surface area contributed by atoms with Crippen molar-refractivity contribution in [2.75, 3.05) is 6.54 Å². The number of amides is 1. The van der Waals surface area contributed by atoms with Crippen LogP contribution in [0.15, 0.2) is 15.9 Å². The highest BCUT2D eigenvalue weighted by molar-refractivity contribution is 9.11. The maximum atomic E-state index is 12.3. The van der Waals surface area contributed by atoms with E-state index in [-0.39, 0.29) is 11.9 Å². The van der Waals surface area contributed by atoms with Gasteiger partial charge in [0.05, 0.1) is 16.1 Å². The Kier molecular flexibility index (Phi) is 4.62. The molecular weight excluding hydrogens is 330 g/mol. The Balaban J connectivity index is 2.03. The zero-order valence-electron chi connectivity index (χ0n) is 10.6. The predicted molar refractivity (Wildman–Crippen MR) is 77.3 cm³/mol. The molecule has 0 aromatic carbocycles. The van der Waals surface area contributed by atoms with Crippen LogP contribution in [0.5, 0.6) is 0 Å². The molecule has 0 unspecified atom stereocenters. The van der Waals surface area contributed by atoms with Gasteiger partial charge in [0.2, 0.25) is 5.91 Å². The zero-order valence-corrected chi connectivity index (χ0v) is 13.0. The lowest BCUT2D eigenvalue weighted by atomic mass is 9.90. The van der Waals surface area contributed by atoms with Gasteiger partial charge in [-0.05, 0) is 47.8 Å². The Morgan fingerprint density at radius 1 is 1.53 bits per heavy atom. The van der Waals surface area contributed by atoms with E-state index < -0.39 is 11.9 Å². The summed E-state index contributed by atoms with van der Waals surface area (Å²) >= 11 is 4.92. The number of carbonyl (C=O) groups excluding carboxylic acids is 1. The fourth-order valence-corrected chi connectivity index (χ4v) is 4.00. The van der Waals surface area contributed by atoms with Crippen LogP contribution in [-0.4, -0.2) is 34.5 Å². The number of carbonyl (C=O) groups is 2. The van der Waals surface area contributed by atoms with E-state index >= 15 is 0 Å². The Bertz CT molecular complexity index is 488. The minimum absolute atomic E-state index is 0.0211. The molecule has 2 atom stereocenters. The first-order chi connectivity index (χ1) is 8.99. The average molecular weight is 346 g/mol. The van der Waals surface area contributed by atoms with E-state index in [1.54, 1.807) is 16.2 Å². The van der Waals surface area contributed by atoms with Crippen LogP contribution < -0.4 is 0 Å². The third kappa shape index (κ3) is 3.36. The van der Waals surface area contributed by atoms with E-state index in [9.17, 15) is 9.59 Å². The largest absolute Gasteiger partial charge is 0.481 e. The summed E-state index contributed by atoms with van der Waals surface area (Å²) in [6, 6.07) is 3.63. The van der Waals surface area contributed by atoms with Crippen LogP contribution in [0.25, 0.3) is 0 Å². The molecule has 104 valence electrons. The zero-order chi connectivity index (χ0) is 14.0.